The zero-order chi connectivity index (χ0) is 21.8. The predicted octanol–water partition coefficient (Wildman–Crippen LogP) is 3.92. The quantitative estimate of drug-likeness (QED) is 0.570. The van der Waals surface area contributed by atoms with Crippen LogP contribution in [0.2, 0.25) is 0 Å². The largest absolute Gasteiger partial charge is 0.373 e. The summed E-state index contributed by atoms with van der Waals surface area (Å²) in [7, 11) is 0. The molecule has 1 aromatic carbocycles. The van der Waals surface area contributed by atoms with Crippen LogP contribution in [0.5, 0.6) is 0 Å². The Labute approximate surface area is 190 Å². The highest BCUT2D eigenvalue weighted by Crippen LogP contribution is 2.41. The van der Waals surface area contributed by atoms with Gasteiger partial charge in [-0.1, -0.05) is 19.1 Å². The molecule has 0 bridgehead atoms. The fourth-order valence-corrected chi connectivity index (χ4v) is 6.64. The third-order valence-electron chi connectivity index (χ3n) is 6.92. The van der Waals surface area contributed by atoms with Gasteiger partial charge in [-0.05, 0) is 48.9 Å². The number of aryl methyl sites for hydroxylation is 1. The van der Waals surface area contributed by atoms with Gasteiger partial charge in [0.2, 0.25) is 0 Å². The predicted molar refractivity (Wildman–Crippen MR) is 125 cm³/mol. The standard InChI is InChI=1S/C25H25N3O3S/c1-15-6-7-19-21(12-15)32-23-22(19)20(8-9-26-23)27-10-11-31-16(13-27)14-28-24(29)17-4-2-3-5-18(17)25(28)30/h2-5,8-9,15-16H,6-7,10-14H2,1H3/t15-,16+/m0/s1. The zero-order valence-electron chi connectivity index (χ0n) is 18.0. The van der Waals surface area contributed by atoms with Crippen molar-refractivity contribution in [3.05, 3.63) is 58.1 Å². The molecule has 2 aliphatic heterocycles. The average molecular weight is 448 g/mol. The first-order valence-electron chi connectivity index (χ1n) is 11.3. The summed E-state index contributed by atoms with van der Waals surface area (Å²) >= 11 is 1.84. The summed E-state index contributed by atoms with van der Waals surface area (Å²) in [6.45, 7) is 4.61. The van der Waals surface area contributed by atoms with E-state index < -0.39 is 0 Å². The van der Waals surface area contributed by atoms with Crippen LogP contribution in [0.15, 0.2) is 36.5 Å². The van der Waals surface area contributed by atoms with E-state index in [2.05, 4.69) is 22.9 Å². The van der Waals surface area contributed by atoms with Crippen LogP contribution in [0.3, 0.4) is 0 Å². The molecule has 1 aliphatic carbocycles. The van der Waals surface area contributed by atoms with Crippen LogP contribution in [0.25, 0.3) is 10.2 Å². The average Bonchev–Trinajstić information content (AvgIpc) is 3.29. The lowest BCUT2D eigenvalue weighted by atomic mass is 9.89. The summed E-state index contributed by atoms with van der Waals surface area (Å²) in [6.07, 6.45) is 5.15. The van der Waals surface area contributed by atoms with Gasteiger partial charge in [0.15, 0.2) is 0 Å². The number of ether oxygens (including phenoxy) is 1. The van der Waals surface area contributed by atoms with Crippen LogP contribution in [-0.4, -0.2) is 54.0 Å². The number of fused-ring (bicyclic) bond motifs is 4. The first kappa shape index (κ1) is 19.9. The monoisotopic (exact) mass is 447 g/mol. The Balaban J connectivity index is 1.26. The van der Waals surface area contributed by atoms with Gasteiger partial charge in [-0.2, -0.15) is 0 Å². The molecule has 0 unspecified atom stereocenters. The Kier molecular flexibility index (Phi) is 4.77. The first-order valence-corrected chi connectivity index (χ1v) is 12.1. The van der Waals surface area contributed by atoms with Crippen LogP contribution in [-0.2, 0) is 17.6 Å². The molecule has 2 amide bonds. The number of carbonyl (C=O) groups excluding carboxylic acids is 2. The van der Waals surface area contributed by atoms with Crippen molar-refractivity contribution < 1.29 is 14.3 Å². The van der Waals surface area contributed by atoms with Gasteiger partial charge in [-0.15, -0.1) is 11.3 Å². The molecule has 6 rings (SSSR count). The summed E-state index contributed by atoms with van der Waals surface area (Å²) in [4.78, 5) is 36.5. The molecule has 32 heavy (non-hydrogen) atoms. The summed E-state index contributed by atoms with van der Waals surface area (Å²) in [5.41, 5.74) is 3.65. The van der Waals surface area contributed by atoms with Gasteiger partial charge in [-0.3, -0.25) is 14.5 Å². The molecule has 2 atom stereocenters. The van der Waals surface area contributed by atoms with E-state index in [9.17, 15) is 9.59 Å². The minimum absolute atomic E-state index is 0.219. The molecular weight excluding hydrogens is 422 g/mol. The summed E-state index contributed by atoms with van der Waals surface area (Å²) in [5.74, 6) is 0.281. The van der Waals surface area contributed by atoms with E-state index >= 15 is 0 Å². The van der Waals surface area contributed by atoms with Crippen LogP contribution in [0.4, 0.5) is 5.69 Å². The van der Waals surface area contributed by atoms with Gasteiger partial charge in [0.1, 0.15) is 4.83 Å². The molecule has 0 radical (unpaired) electrons. The molecule has 2 aromatic heterocycles. The van der Waals surface area contributed by atoms with Gasteiger partial charge in [0.05, 0.1) is 30.4 Å². The molecule has 1 fully saturated rings. The highest BCUT2D eigenvalue weighted by molar-refractivity contribution is 7.19. The van der Waals surface area contributed by atoms with Crippen molar-refractivity contribution in [2.75, 3.05) is 31.1 Å². The number of morpholine rings is 1. The van der Waals surface area contributed by atoms with E-state index in [-0.39, 0.29) is 24.5 Å². The van der Waals surface area contributed by atoms with E-state index in [4.69, 9.17) is 4.74 Å². The minimum Gasteiger partial charge on any atom is -0.373 e. The van der Waals surface area contributed by atoms with Gasteiger partial charge in [0, 0.05) is 35.2 Å². The number of benzene rings is 1. The minimum atomic E-state index is -0.223. The fourth-order valence-electron chi connectivity index (χ4n) is 5.27. The second kappa shape index (κ2) is 7.67. The van der Waals surface area contributed by atoms with Crippen molar-refractivity contribution >= 4 is 39.1 Å². The van der Waals surface area contributed by atoms with Crippen LogP contribution >= 0.6 is 11.3 Å². The lowest BCUT2D eigenvalue weighted by molar-refractivity contribution is 0.0169. The number of pyridine rings is 1. The number of amides is 2. The number of thiophene rings is 1. The van der Waals surface area contributed by atoms with Crippen molar-refractivity contribution in [1.82, 2.24) is 9.88 Å². The van der Waals surface area contributed by atoms with Crippen LogP contribution < -0.4 is 4.90 Å². The van der Waals surface area contributed by atoms with E-state index in [1.807, 2.05) is 17.5 Å². The topological polar surface area (TPSA) is 62.7 Å². The van der Waals surface area contributed by atoms with E-state index in [0.29, 0.717) is 24.3 Å². The van der Waals surface area contributed by atoms with Crippen molar-refractivity contribution in [2.24, 2.45) is 5.92 Å². The Morgan fingerprint density at radius 1 is 1.16 bits per heavy atom. The smallest absolute Gasteiger partial charge is 0.261 e. The fraction of sp³-hybridized carbons (Fsp3) is 0.400. The second-order valence-electron chi connectivity index (χ2n) is 9.07. The normalized spacial score (nSPS) is 23.0. The number of nitrogens with zero attached hydrogens (tertiary/aromatic N) is 3. The maximum absolute atomic E-state index is 12.8. The highest BCUT2D eigenvalue weighted by Gasteiger charge is 2.37. The second-order valence-corrected chi connectivity index (χ2v) is 10.2. The molecule has 0 N–H and O–H groups in total. The maximum Gasteiger partial charge on any atom is 0.261 e. The number of anilines is 1. The van der Waals surface area contributed by atoms with Crippen molar-refractivity contribution in [3.63, 3.8) is 0 Å². The Hall–Kier alpha value is -2.77. The summed E-state index contributed by atoms with van der Waals surface area (Å²) in [5, 5.41) is 1.29. The first-order chi connectivity index (χ1) is 15.6. The maximum atomic E-state index is 12.8. The van der Waals surface area contributed by atoms with Gasteiger partial charge in [-0.25, -0.2) is 4.98 Å². The molecule has 0 saturated carbocycles. The molecular formula is C25H25N3O3S. The van der Waals surface area contributed by atoms with Gasteiger partial charge < -0.3 is 9.64 Å². The Morgan fingerprint density at radius 3 is 2.72 bits per heavy atom. The summed E-state index contributed by atoms with van der Waals surface area (Å²) < 4.78 is 6.01. The van der Waals surface area contributed by atoms with Gasteiger partial charge in [0.25, 0.3) is 11.8 Å². The number of hydrogen-bond donors (Lipinski definition) is 0. The molecule has 4 heterocycles. The van der Waals surface area contributed by atoms with E-state index in [1.165, 1.54) is 32.8 Å². The zero-order valence-corrected chi connectivity index (χ0v) is 18.9. The number of imide groups is 1. The number of aromatic nitrogens is 1. The van der Waals surface area contributed by atoms with Gasteiger partial charge >= 0.3 is 0 Å². The van der Waals surface area contributed by atoms with E-state index in [0.717, 1.165) is 30.1 Å². The lowest BCUT2D eigenvalue weighted by Gasteiger charge is -2.36. The SMILES string of the molecule is C[C@H]1CCc2c(sc3nccc(N4CCO[C@@H](CN5C(=O)c6ccccc6C5=O)C4)c23)C1. The number of hydrogen-bond acceptors (Lipinski definition) is 6. The molecule has 3 aromatic rings. The Morgan fingerprint density at radius 2 is 1.94 bits per heavy atom. The Bertz CT molecular complexity index is 1200. The lowest BCUT2D eigenvalue weighted by Crippen LogP contribution is -2.49. The molecule has 1 saturated heterocycles. The van der Waals surface area contributed by atoms with E-state index in [1.54, 1.807) is 24.3 Å². The number of carbonyl (C=O) groups is 2. The van der Waals surface area contributed by atoms with Crippen molar-refractivity contribution in [2.45, 2.75) is 32.3 Å². The molecule has 6 nitrogen and oxygen atoms in total. The molecule has 7 heteroatoms. The summed E-state index contributed by atoms with van der Waals surface area (Å²) in [6, 6.07) is 9.14. The molecule has 164 valence electrons. The van der Waals surface area contributed by atoms with Crippen LogP contribution in [0.1, 0.15) is 44.5 Å². The molecule has 3 aliphatic rings. The number of rotatable bonds is 3. The third kappa shape index (κ3) is 3.14. The van der Waals surface area contributed by atoms with Crippen molar-refractivity contribution in [1.29, 1.82) is 0 Å². The van der Waals surface area contributed by atoms with Crippen LogP contribution in [0, 0.1) is 5.92 Å². The molecule has 0 spiro atoms. The third-order valence-corrected chi connectivity index (χ3v) is 8.08. The highest BCUT2D eigenvalue weighted by atomic mass is 32.1. The van der Waals surface area contributed by atoms with Crippen molar-refractivity contribution in [3.8, 4) is 0 Å².